The second kappa shape index (κ2) is 7.04. The molecule has 2 aliphatic heterocycles. The number of benzene rings is 1. The van der Waals surface area contributed by atoms with Crippen LogP contribution in [-0.4, -0.2) is 64.5 Å². The molecule has 2 saturated heterocycles. The van der Waals surface area contributed by atoms with Gasteiger partial charge in [0.25, 0.3) is 0 Å². The minimum Gasteiger partial charge on any atom is -0.378 e. The molecule has 5 rings (SSSR count). The number of fused-ring (bicyclic) bond motifs is 1. The van der Waals surface area contributed by atoms with Gasteiger partial charge in [0.15, 0.2) is 0 Å². The van der Waals surface area contributed by atoms with Crippen LogP contribution in [0.5, 0.6) is 0 Å². The van der Waals surface area contributed by atoms with E-state index in [0.717, 1.165) is 44.5 Å². The van der Waals surface area contributed by atoms with E-state index in [9.17, 15) is 0 Å². The molecule has 0 bridgehead atoms. The summed E-state index contributed by atoms with van der Waals surface area (Å²) in [6, 6.07) is 7.77. The maximum Gasteiger partial charge on any atom is 0.0648 e. The van der Waals surface area contributed by atoms with Crippen LogP contribution in [0.4, 0.5) is 0 Å². The van der Waals surface area contributed by atoms with Gasteiger partial charge < -0.3 is 4.74 Å². The molecule has 1 aromatic heterocycles. The number of aromatic nitrogens is 2. The molecule has 3 heterocycles. The monoisotopic (exact) mass is 366 g/mol. The van der Waals surface area contributed by atoms with Gasteiger partial charge in [0.05, 0.1) is 25.1 Å². The summed E-state index contributed by atoms with van der Waals surface area (Å²) in [4.78, 5) is 5.32. The maximum absolute atomic E-state index is 5.95. The van der Waals surface area contributed by atoms with Crippen molar-refractivity contribution in [2.24, 2.45) is 5.92 Å². The number of nitrogens with zero attached hydrogens (tertiary/aromatic N) is 4. The Morgan fingerprint density at radius 3 is 2.81 bits per heavy atom. The van der Waals surface area contributed by atoms with Crippen LogP contribution < -0.4 is 0 Å². The van der Waals surface area contributed by atoms with Crippen molar-refractivity contribution in [2.45, 2.75) is 45.3 Å². The Kier molecular flexibility index (Phi) is 4.54. The van der Waals surface area contributed by atoms with Gasteiger partial charge in [-0.05, 0) is 55.9 Å². The summed E-state index contributed by atoms with van der Waals surface area (Å²) >= 11 is 0. The molecule has 0 N–H and O–H groups in total. The van der Waals surface area contributed by atoms with Crippen LogP contribution in [0.25, 0.3) is 5.69 Å². The van der Waals surface area contributed by atoms with Gasteiger partial charge in [-0.25, -0.2) is 4.68 Å². The number of hydrogen-bond acceptors (Lipinski definition) is 4. The molecule has 1 aliphatic carbocycles. The molecule has 144 valence electrons. The summed E-state index contributed by atoms with van der Waals surface area (Å²) in [6.07, 6.45) is 7.00. The topological polar surface area (TPSA) is 33.5 Å². The maximum atomic E-state index is 5.95. The van der Waals surface area contributed by atoms with Crippen molar-refractivity contribution in [1.82, 2.24) is 19.6 Å². The summed E-state index contributed by atoms with van der Waals surface area (Å²) in [5.41, 5.74) is 5.06. The third-order valence-electron chi connectivity index (χ3n) is 6.60. The number of ether oxygens (including phenoxy) is 1. The lowest BCUT2D eigenvalue weighted by molar-refractivity contribution is -0.0880. The van der Waals surface area contributed by atoms with Crippen molar-refractivity contribution >= 4 is 0 Å². The van der Waals surface area contributed by atoms with Gasteiger partial charge >= 0.3 is 0 Å². The zero-order valence-corrected chi connectivity index (χ0v) is 16.5. The van der Waals surface area contributed by atoms with Gasteiger partial charge in [-0.3, -0.25) is 9.80 Å². The Balaban J connectivity index is 1.24. The number of hydrogen-bond donors (Lipinski definition) is 0. The van der Waals surface area contributed by atoms with Gasteiger partial charge in [0.1, 0.15) is 0 Å². The fourth-order valence-corrected chi connectivity index (χ4v) is 4.68. The van der Waals surface area contributed by atoms with Crippen LogP contribution in [-0.2, 0) is 11.3 Å². The molecular formula is C22H30N4O. The molecule has 2 atom stereocenters. The number of rotatable bonds is 4. The average Bonchev–Trinajstić information content (AvgIpc) is 3.42. The smallest absolute Gasteiger partial charge is 0.0648 e. The van der Waals surface area contributed by atoms with E-state index in [4.69, 9.17) is 4.74 Å². The molecule has 3 aliphatic rings. The third kappa shape index (κ3) is 3.56. The molecule has 0 amide bonds. The predicted molar refractivity (Wildman–Crippen MR) is 106 cm³/mol. The molecule has 2 aromatic rings. The van der Waals surface area contributed by atoms with Crippen LogP contribution >= 0.6 is 0 Å². The van der Waals surface area contributed by atoms with E-state index < -0.39 is 0 Å². The lowest BCUT2D eigenvalue weighted by Crippen LogP contribution is -2.62. The molecular weight excluding hydrogens is 336 g/mol. The minimum atomic E-state index is 0.563. The van der Waals surface area contributed by atoms with Crippen molar-refractivity contribution in [3.05, 3.63) is 47.3 Å². The molecule has 5 nitrogen and oxygen atoms in total. The highest BCUT2D eigenvalue weighted by Gasteiger charge is 2.42. The van der Waals surface area contributed by atoms with E-state index in [0.29, 0.717) is 12.1 Å². The fourth-order valence-electron chi connectivity index (χ4n) is 4.68. The molecule has 5 heteroatoms. The summed E-state index contributed by atoms with van der Waals surface area (Å²) < 4.78 is 7.95. The van der Waals surface area contributed by atoms with E-state index in [2.05, 4.69) is 53.1 Å². The van der Waals surface area contributed by atoms with Crippen LogP contribution in [0.2, 0.25) is 0 Å². The van der Waals surface area contributed by atoms with Crippen molar-refractivity contribution in [1.29, 1.82) is 0 Å². The molecule has 0 unspecified atom stereocenters. The van der Waals surface area contributed by atoms with E-state index in [-0.39, 0.29) is 0 Å². The van der Waals surface area contributed by atoms with Crippen LogP contribution in [0.3, 0.4) is 0 Å². The Bertz CT molecular complexity index is 812. The Morgan fingerprint density at radius 2 is 2.00 bits per heavy atom. The first-order valence-corrected chi connectivity index (χ1v) is 10.3. The van der Waals surface area contributed by atoms with Crippen molar-refractivity contribution in [2.75, 3.05) is 32.8 Å². The van der Waals surface area contributed by atoms with Crippen LogP contribution in [0.15, 0.2) is 30.6 Å². The van der Waals surface area contributed by atoms with Gasteiger partial charge in [-0.15, -0.1) is 0 Å². The summed E-state index contributed by atoms with van der Waals surface area (Å²) in [5, 5.41) is 4.60. The Morgan fingerprint density at radius 1 is 1.11 bits per heavy atom. The van der Waals surface area contributed by atoms with Gasteiger partial charge in [0, 0.05) is 50.0 Å². The standard InChI is InChI=1S/C22H30N4O/c1-16-3-6-20(9-17(16)2)26-12-18(10-23-26)11-24-7-8-25-21(13-24)14-27-15-22(25)19-4-5-19/h3,6,9-10,12,19,21-22H,4-5,7-8,11,13-15H2,1-2H3/t21-,22-/m1/s1. The van der Waals surface area contributed by atoms with Crippen molar-refractivity contribution in [3.8, 4) is 5.69 Å². The molecule has 1 aromatic carbocycles. The summed E-state index contributed by atoms with van der Waals surface area (Å²) in [5.74, 6) is 0.899. The van der Waals surface area contributed by atoms with E-state index in [1.54, 1.807) is 0 Å². The molecule has 27 heavy (non-hydrogen) atoms. The summed E-state index contributed by atoms with van der Waals surface area (Å²) in [7, 11) is 0. The Labute approximate surface area is 161 Å². The first-order chi connectivity index (χ1) is 13.2. The van der Waals surface area contributed by atoms with E-state index >= 15 is 0 Å². The number of aryl methyl sites for hydroxylation is 2. The zero-order valence-electron chi connectivity index (χ0n) is 16.5. The zero-order chi connectivity index (χ0) is 18.4. The number of morpholine rings is 1. The van der Waals surface area contributed by atoms with Gasteiger partial charge in [-0.1, -0.05) is 6.07 Å². The highest BCUT2D eigenvalue weighted by Crippen LogP contribution is 2.38. The van der Waals surface area contributed by atoms with E-state index in [1.807, 2.05) is 10.9 Å². The first-order valence-electron chi connectivity index (χ1n) is 10.3. The molecule has 0 radical (unpaired) electrons. The summed E-state index contributed by atoms with van der Waals surface area (Å²) in [6.45, 7) is 10.6. The van der Waals surface area contributed by atoms with Gasteiger partial charge in [-0.2, -0.15) is 5.10 Å². The highest BCUT2D eigenvalue weighted by molar-refractivity contribution is 5.39. The minimum absolute atomic E-state index is 0.563. The third-order valence-corrected chi connectivity index (χ3v) is 6.60. The van der Waals surface area contributed by atoms with Crippen molar-refractivity contribution in [3.63, 3.8) is 0 Å². The Hall–Kier alpha value is -1.69. The second-order valence-corrected chi connectivity index (χ2v) is 8.63. The van der Waals surface area contributed by atoms with Crippen molar-refractivity contribution < 1.29 is 4.74 Å². The first kappa shape index (κ1) is 17.4. The lowest BCUT2D eigenvalue weighted by Gasteiger charge is -2.48. The quantitative estimate of drug-likeness (QED) is 0.833. The second-order valence-electron chi connectivity index (χ2n) is 8.63. The van der Waals surface area contributed by atoms with Crippen LogP contribution in [0, 0.1) is 19.8 Å². The van der Waals surface area contributed by atoms with Gasteiger partial charge in [0.2, 0.25) is 0 Å². The van der Waals surface area contributed by atoms with E-state index in [1.165, 1.54) is 36.1 Å². The number of piperazine rings is 1. The molecule has 1 saturated carbocycles. The molecule has 3 fully saturated rings. The normalized spacial score (nSPS) is 26.9. The largest absolute Gasteiger partial charge is 0.378 e. The SMILES string of the molecule is Cc1ccc(-n2cc(CN3CCN4[C@@H](COC[C@@H]4C4CC4)C3)cn2)cc1C. The fraction of sp³-hybridized carbons (Fsp3) is 0.591. The van der Waals surface area contributed by atoms with Crippen LogP contribution in [0.1, 0.15) is 29.5 Å². The molecule has 0 spiro atoms. The lowest BCUT2D eigenvalue weighted by atomic mass is 10.0. The highest BCUT2D eigenvalue weighted by atomic mass is 16.5. The predicted octanol–water partition coefficient (Wildman–Crippen LogP) is 2.78. The average molecular weight is 367 g/mol.